The van der Waals surface area contributed by atoms with Crippen molar-refractivity contribution in [3.8, 4) is 0 Å². The van der Waals surface area contributed by atoms with Crippen LogP contribution in [0.15, 0.2) is 0 Å². The quantitative estimate of drug-likeness (QED) is 0.276. The molecule has 1 atom stereocenters. The van der Waals surface area contributed by atoms with Gasteiger partial charge in [-0.05, 0) is 35.4 Å². The van der Waals surface area contributed by atoms with E-state index < -0.39 is 13.4 Å². The Labute approximate surface area is 164 Å². The van der Waals surface area contributed by atoms with Crippen LogP contribution in [0.5, 0.6) is 0 Å². The van der Waals surface area contributed by atoms with Crippen molar-refractivity contribution < 1.29 is 48.8 Å². The Hall–Kier alpha value is 1.68. The zero-order valence-electron chi connectivity index (χ0n) is 15.1. The van der Waals surface area contributed by atoms with Crippen LogP contribution in [-0.2, 0) is 43.1 Å². The monoisotopic (exact) mass is 464 g/mol. The topological polar surface area (TPSA) is 121 Å². The van der Waals surface area contributed by atoms with Gasteiger partial charge < -0.3 is 29.4 Å². The van der Waals surface area contributed by atoms with E-state index in [1.807, 2.05) is 0 Å². The van der Waals surface area contributed by atoms with E-state index in [1.165, 1.54) is 25.7 Å². The van der Waals surface area contributed by atoms with Gasteiger partial charge in [-0.3, -0.25) is 0 Å². The fraction of sp³-hybridized carbons (Fsp3) is 1.00. The molecule has 0 heterocycles. The van der Waals surface area contributed by atoms with Gasteiger partial charge in [0.15, 0.2) is 0 Å². The van der Waals surface area contributed by atoms with E-state index in [0.717, 1.165) is 11.8 Å². The van der Waals surface area contributed by atoms with Gasteiger partial charge in [0.05, 0.1) is 0 Å². The molecule has 0 bridgehead atoms. The van der Waals surface area contributed by atoms with Gasteiger partial charge in [0, 0.05) is 19.5 Å². The zero-order valence-corrected chi connectivity index (χ0v) is 21.5. The van der Waals surface area contributed by atoms with Crippen molar-refractivity contribution in [2.24, 2.45) is 11.8 Å². The molecule has 0 fully saturated rings. The van der Waals surface area contributed by atoms with Crippen LogP contribution in [0.2, 0.25) is 0 Å². The summed E-state index contributed by atoms with van der Waals surface area (Å²) < 4.78 is 0. The standard InChI is InChI=1S/C8H18.C4H10.2H3O3PS.Zn/c1-4-6-7-8(3)5-2;1-4(2)3;2*1-4(2,3)5;/h8H,4-7H2,1-3H3;4H,1-3H3;2*(H3,1,2,3,5);. The molecule has 0 aliphatic heterocycles. The van der Waals surface area contributed by atoms with Crippen LogP contribution >= 0.6 is 13.4 Å². The first-order chi connectivity index (χ1) is 9.54. The number of hydrogen-bond acceptors (Lipinski definition) is 2. The molecule has 0 spiro atoms. The molecule has 11 heteroatoms. The summed E-state index contributed by atoms with van der Waals surface area (Å²) in [7, 11) is 0. The second kappa shape index (κ2) is 21.7. The smallest absolute Gasteiger partial charge is 0.319 e. The zero-order chi connectivity index (χ0) is 19.0. The summed E-state index contributed by atoms with van der Waals surface area (Å²) in [6, 6.07) is 0. The molecule has 6 nitrogen and oxygen atoms in total. The molecule has 0 aromatic heterocycles. The first kappa shape index (κ1) is 35.7. The van der Waals surface area contributed by atoms with Gasteiger partial charge in [-0.2, -0.15) is 0 Å². The second-order valence-corrected chi connectivity index (χ2v) is 10.4. The molecular formula is C12H34O6P2S2Zn. The summed E-state index contributed by atoms with van der Waals surface area (Å²) in [6.07, 6.45) is 5.53. The largest absolute Gasteiger partial charge is 0.325 e. The SMILES string of the molecule is CC(C)C.CCCCC(C)CC.OP(O)(O)=S.OP(O)(O)=S.[Zn]. The van der Waals surface area contributed by atoms with Crippen molar-refractivity contribution in [3.63, 3.8) is 0 Å². The van der Waals surface area contributed by atoms with Gasteiger partial charge in [0.1, 0.15) is 0 Å². The molecule has 142 valence electrons. The predicted octanol–water partition coefficient (Wildman–Crippen LogP) is 3.26. The maximum atomic E-state index is 7.56. The Balaban J connectivity index is -0.0000000641. The molecule has 0 aliphatic carbocycles. The van der Waals surface area contributed by atoms with Crippen molar-refractivity contribution >= 4 is 37.1 Å². The third-order valence-corrected chi connectivity index (χ3v) is 1.75. The Bertz CT molecular complexity index is 271. The molecule has 6 N–H and O–H groups in total. The first-order valence-corrected chi connectivity index (χ1v) is 12.4. The van der Waals surface area contributed by atoms with Crippen molar-refractivity contribution in [1.82, 2.24) is 0 Å². The average Bonchev–Trinajstić information content (AvgIpc) is 2.20. The van der Waals surface area contributed by atoms with Crippen molar-refractivity contribution in [3.05, 3.63) is 0 Å². The van der Waals surface area contributed by atoms with Gasteiger partial charge in [0.25, 0.3) is 0 Å². The molecule has 0 aliphatic rings. The average molecular weight is 466 g/mol. The summed E-state index contributed by atoms with van der Waals surface area (Å²) in [6.45, 7) is 5.73. The van der Waals surface area contributed by atoms with E-state index in [9.17, 15) is 0 Å². The summed E-state index contributed by atoms with van der Waals surface area (Å²) in [5.41, 5.74) is 0. The summed E-state index contributed by atoms with van der Waals surface area (Å²) in [5, 5.41) is 0. The minimum atomic E-state index is -3.81. The molecule has 0 saturated heterocycles. The van der Waals surface area contributed by atoms with Crippen LogP contribution < -0.4 is 0 Å². The molecule has 23 heavy (non-hydrogen) atoms. The second-order valence-electron chi connectivity index (χ2n) is 5.41. The Morgan fingerprint density at radius 2 is 1.00 bits per heavy atom. The fourth-order valence-corrected chi connectivity index (χ4v) is 0.757. The number of unbranched alkanes of at least 4 members (excludes halogenated alkanes) is 1. The Morgan fingerprint density at radius 3 is 1.13 bits per heavy atom. The van der Waals surface area contributed by atoms with Gasteiger partial charge >= 0.3 is 13.4 Å². The predicted molar refractivity (Wildman–Crippen MR) is 101 cm³/mol. The van der Waals surface area contributed by atoms with Crippen LogP contribution in [0.4, 0.5) is 0 Å². The molecule has 0 radical (unpaired) electrons. The van der Waals surface area contributed by atoms with Crippen LogP contribution in [0.25, 0.3) is 0 Å². The summed E-state index contributed by atoms with van der Waals surface area (Å²) in [4.78, 5) is 45.3. The minimum Gasteiger partial charge on any atom is -0.325 e. The maximum Gasteiger partial charge on any atom is 0.319 e. The number of rotatable bonds is 4. The van der Waals surface area contributed by atoms with Gasteiger partial charge in [-0.15, -0.1) is 0 Å². The molecule has 0 aromatic carbocycles. The van der Waals surface area contributed by atoms with Gasteiger partial charge in [0.2, 0.25) is 0 Å². The van der Waals surface area contributed by atoms with E-state index >= 15 is 0 Å². The first-order valence-electron chi connectivity index (χ1n) is 7.11. The van der Waals surface area contributed by atoms with Crippen LogP contribution in [0.1, 0.15) is 67.2 Å². The van der Waals surface area contributed by atoms with E-state index in [1.54, 1.807) is 0 Å². The third kappa shape index (κ3) is 189. The Morgan fingerprint density at radius 1 is 0.783 bits per heavy atom. The van der Waals surface area contributed by atoms with E-state index in [0.29, 0.717) is 0 Å². The Kier molecular flexibility index (Phi) is 33.8. The van der Waals surface area contributed by atoms with E-state index in [-0.39, 0.29) is 19.5 Å². The van der Waals surface area contributed by atoms with Gasteiger partial charge in [-0.1, -0.05) is 67.2 Å². The minimum absolute atomic E-state index is 0. The summed E-state index contributed by atoms with van der Waals surface area (Å²) in [5.74, 6) is 1.79. The van der Waals surface area contributed by atoms with Crippen LogP contribution in [0, 0.1) is 11.8 Å². The van der Waals surface area contributed by atoms with Gasteiger partial charge in [-0.25, -0.2) is 0 Å². The van der Waals surface area contributed by atoms with Crippen LogP contribution in [0.3, 0.4) is 0 Å². The normalized spacial score (nSPS) is 11.5. The molecule has 0 amide bonds. The molecular weight excluding hydrogens is 432 g/mol. The molecule has 0 saturated carbocycles. The van der Waals surface area contributed by atoms with Crippen molar-refractivity contribution in [1.29, 1.82) is 0 Å². The van der Waals surface area contributed by atoms with Crippen molar-refractivity contribution in [2.75, 3.05) is 0 Å². The molecule has 0 aromatic rings. The third-order valence-electron chi connectivity index (χ3n) is 1.75. The van der Waals surface area contributed by atoms with E-state index in [2.05, 4.69) is 65.2 Å². The molecule has 0 rings (SSSR count). The summed E-state index contributed by atoms with van der Waals surface area (Å²) >= 11 is 7.21. The fourth-order valence-electron chi connectivity index (χ4n) is 0.757. The number of hydrogen-bond donors (Lipinski definition) is 6. The molecule has 1 unspecified atom stereocenters. The maximum absolute atomic E-state index is 7.56. The van der Waals surface area contributed by atoms with Crippen LogP contribution in [-0.4, -0.2) is 29.4 Å². The van der Waals surface area contributed by atoms with E-state index in [4.69, 9.17) is 29.4 Å². The van der Waals surface area contributed by atoms with Crippen molar-refractivity contribution in [2.45, 2.75) is 67.2 Å².